The van der Waals surface area contributed by atoms with Crippen molar-refractivity contribution in [2.75, 3.05) is 6.54 Å². The second-order valence-corrected chi connectivity index (χ2v) is 5.82. The molecule has 0 bridgehead atoms. The number of ether oxygens (including phenoxy) is 1. The molecule has 1 aromatic heterocycles. The van der Waals surface area contributed by atoms with E-state index in [9.17, 15) is 15.0 Å². The predicted molar refractivity (Wildman–Crippen MR) is 71.6 cm³/mol. The Hall–Kier alpha value is -1.05. The van der Waals surface area contributed by atoms with Crippen LogP contribution >= 0.6 is 15.9 Å². The van der Waals surface area contributed by atoms with Crippen LogP contribution in [0.3, 0.4) is 0 Å². The van der Waals surface area contributed by atoms with E-state index >= 15 is 0 Å². The van der Waals surface area contributed by atoms with Crippen molar-refractivity contribution >= 4 is 22.0 Å². The van der Waals surface area contributed by atoms with Crippen LogP contribution in [0.4, 0.5) is 4.79 Å². The highest BCUT2D eigenvalue weighted by molar-refractivity contribution is 9.10. The van der Waals surface area contributed by atoms with Crippen molar-refractivity contribution in [2.24, 2.45) is 0 Å². The number of amides is 1. The standard InChI is InChI=1S/C12H18BrNO5/c1-12(2,3)19-11(17)14-6-7(15)10(16)8-4-5-9(13)18-8/h4-5,7,10,15-16H,6H2,1-3H3,(H,14,17). The number of carbonyl (C=O) groups excluding carboxylic acids is 1. The van der Waals surface area contributed by atoms with Gasteiger partial charge in [-0.05, 0) is 48.8 Å². The molecule has 7 heteroatoms. The molecule has 0 aliphatic heterocycles. The average Bonchev–Trinajstić information content (AvgIpc) is 2.69. The van der Waals surface area contributed by atoms with Gasteiger partial charge < -0.3 is 24.7 Å². The summed E-state index contributed by atoms with van der Waals surface area (Å²) in [7, 11) is 0. The second-order valence-electron chi connectivity index (χ2n) is 5.04. The number of nitrogens with one attached hydrogen (secondary N) is 1. The molecule has 0 aliphatic rings. The van der Waals surface area contributed by atoms with E-state index in [-0.39, 0.29) is 12.3 Å². The van der Waals surface area contributed by atoms with E-state index in [0.29, 0.717) is 4.67 Å². The first-order valence-electron chi connectivity index (χ1n) is 5.77. The molecule has 0 fully saturated rings. The summed E-state index contributed by atoms with van der Waals surface area (Å²) in [6.07, 6.45) is -3.06. The number of halogens is 1. The largest absolute Gasteiger partial charge is 0.451 e. The number of alkyl carbamates (subject to hydrolysis) is 1. The molecule has 1 amide bonds. The van der Waals surface area contributed by atoms with Crippen molar-refractivity contribution < 1.29 is 24.2 Å². The van der Waals surface area contributed by atoms with Crippen LogP contribution in [0.2, 0.25) is 0 Å². The molecule has 6 nitrogen and oxygen atoms in total. The maximum absolute atomic E-state index is 11.4. The molecule has 0 aliphatic carbocycles. The van der Waals surface area contributed by atoms with Gasteiger partial charge >= 0.3 is 6.09 Å². The summed E-state index contributed by atoms with van der Waals surface area (Å²) < 4.78 is 10.6. The zero-order chi connectivity index (χ0) is 14.6. The van der Waals surface area contributed by atoms with E-state index in [1.54, 1.807) is 26.8 Å². The third kappa shape index (κ3) is 5.63. The number of furan rings is 1. The molecule has 2 atom stereocenters. The predicted octanol–water partition coefficient (Wildman–Crippen LogP) is 1.96. The van der Waals surface area contributed by atoms with Crippen LogP contribution in [-0.2, 0) is 4.74 Å². The van der Waals surface area contributed by atoms with Gasteiger partial charge in [-0.2, -0.15) is 0 Å². The third-order valence-corrected chi connectivity index (χ3v) is 2.53. The first kappa shape index (κ1) is 16.0. The molecule has 2 unspecified atom stereocenters. The van der Waals surface area contributed by atoms with Gasteiger partial charge in [-0.25, -0.2) is 4.79 Å². The maximum atomic E-state index is 11.4. The number of hydrogen-bond donors (Lipinski definition) is 3. The second kappa shape index (κ2) is 6.40. The molecule has 1 aromatic rings. The molecule has 0 spiro atoms. The van der Waals surface area contributed by atoms with Gasteiger partial charge in [0.05, 0.1) is 0 Å². The van der Waals surface area contributed by atoms with Crippen molar-refractivity contribution in [3.05, 3.63) is 22.6 Å². The summed E-state index contributed by atoms with van der Waals surface area (Å²) in [5.74, 6) is 0.213. The highest BCUT2D eigenvalue weighted by atomic mass is 79.9. The Balaban J connectivity index is 2.43. The smallest absolute Gasteiger partial charge is 0.407 e. The van der Waals surface area contributed by atoms with Crippen molar-refractivity contribution in [1.29, 1.82) is 0 Å². The van der Waals surface area contributed by atoms with Crippen molar-refractivity contribution in [2.45, 2.75) is 38.6 Å². The summed E-state index contributed by atoms with van der Waals surface area (Å²) >= 11 is 3.10. The Morgan fingerprint density at radius 3 is 2.58 bits per heavy atom. The summed E-state index contributed by atoms with van der Waals surface area (Å²) in [4.78, 5) is 11.4. The van der Waals surface area contributed by atoms with Gasteiger partial charge in [-0.3, -0.25) is 0 Å². The lowest BCUT2D eigenvalue weighted by Gasteiger charge is -2.21. The first-order chi connectivity index (χ1) is 8.69. The molecule has 0 saturated heterocycles. The van der Waals surface area contributed by atoms with Crippen LogP contribution in [0.5, 0.6) is 0 Å². The average molecular weight is 336 g/mol. The van der Waals surface area contributed by atoms with E-state index < -0.39 is 23.9 Å². The molecule has 1 rings (SSSR count). The zero-order valence-electron chi connectivity index (χ0n) is 11.0. The van der Waals surface area contributed by atoms with E-state index in [1.165, 1.54) is 6.07 Å². The Labute approximate surface area is 119 Å². The lowest BCUT2D eigenvalue weighted by atomic mass is 10.1. The monoisotopic (exact) mass is 335 g/mol. The number of carbonyl (C=O) groups is 1. The lowest BCUT2D eigenvalue weighted by molar-refractivity contribution is 0.00187. The summed E-state index contributed by atoms with van der Waals surface area (Å²) in [6.45, 7) is 5.06. The Morgan fingerprint density at radius 1 is 1.47 bits per heavy atom. The molecule has 0 saturated carbocycles. The number of aliphatic hydroxyl groups is 2. The van der Waals surface area contributed by atoms with Gasteiger partial charge in [-0.1, -0.05) is 0 Å². The molecule has 0 aromatic carbocycles. The van der Waals surface area contributed by atoms with Gasteiger partial charge in [0, 0.05) is 6.54 Å². The quantitative estimate of drug-likeness (QED) is 0.782. The van der Waals surface area contributed by atoms with Crippen LogP contribution < -0.4 is 5.32 Å². The minimum atomic E-state index is -1.22. The van der Waals surface area contributed by atoms with E-state index in [1.807, 2.05) is 0 Å². The molecule has 3 N–H and O–H groups in total. The minimum absolute atomic E-state index is 0.144. The van der Waals surface area contributed by atoms with Crippen molar-refractivity contribution in [3.63, 3.8) is 0 Å². The topological polar surface area (TPSA) is 91.9 Å². The van der Waals surface area contributed by atoms with Gasteiger partial charge in [0.1, 0.15) is 23.6 Å². The number of aliphatic hydroxyl groups excluding tert-OH is 2. The summed E-state index contributed by atoms with van der Waals surface area (Å²) in [5.41, 5.74) is -0.612. The Kier molecular flexibility index (Phi) is 5.39. The summed E-state index contributed by atoms with van der Waals surface area (Å²) in [5, 5.41) is 21.9. The molecule has 0 radical (unpaired) electrons. The molecular formula is C12H18BrNO5. The fourth-order valence-electron chi connectivity index (χ4n) is 1.29. The number of rotatable bonds is 4. The van der Waals surface area contributed by atoms with Crippen molar-refractivity contribution in [1.82, 2.24) is 5.32 Å². The lowest BCUT2D eigenvalue weighted by Crippen LogP contribution is -2.38. The fraction of sp³-hybridized carbons (Fsp3) is 0.583. The molecule has 1 heterocycles. The SMILES string of the molecule is CC(C)(C)OC(=O)NCC(O)C(O)c1ccc(Br)o1. The van der Waals surface area contributed by atoms with Crippen LogP contribution in [0.15, 0.2) is 21.2 Å². The highest BCUT2D eigenvalue weighted by Crippen LogP contribution is 2.22. The van der Waals surface area contributed by atoms with Crippen LogP contribution in [0, 0.1) is 0 Å². The zero-order valence-corrected chi connectivity index (χ0v) is 12.6. The van der Waals surface area contributed by atoms with E-state index in [2.05, 4.69) is 21.2 Å². The van der Waals surface area contributed by atoms with E-state index in [0.717, 1.165) is 0 Å². The van der Waals surface area contributed by atoms with Gasteiger partial charge in [0.25, 0.3) is 0 Å². The van der Waals surface area contributed by atoms with E-state index in [4.69, 9.17) is 9.15 Å². The normalized spacial score (nSPS) is 14.8. The van der Waals surface area contributed by atoms with Crippen LogP contribution in [0.25, 0.3) is 0 Å². The van der Waals surface area contributed by atoms with Gasteiger partial charge in [0.15, 0.2) is 4.67 Å². The minimum Gasteiger partial charge on any atom is -0.451 e. The van der Waals surface area contributed by atoms with Gasteiger partial charge in [0.2, 0.25) is 0 Å². The Bertz CT molecular complexity index is 426. The van der Waals surface area contributed by atoms with Crippen LogP contribution in [-0.4, -0.2) is 34.6 Å². The molecule has 19 heavy (non-hydrogen) atoms. The fourth-order valence-corrected chi connectivity index (χ4v) is 1.61. The maximum Gasteiger partial charge on any atom is 0.407 e. The first-order valence-corrected chi connectivity index (χ1v) is 6.56. The number of hydrogen-bond acceptors (Lipinski definition) is 5. The molecule has 108 valence electrons. The summed E-state index contributed by atoms with van der Waals surface area (Å²) in [6, 6.07) is 3.14. The van der Waals surface area contributed by atoms with Gasteiger partial charge in [-0.15, -0.1) is 0 Å². The molecular weight excluding hydrogens is 318 g/mol. The van der Waals surface area contributed by atoms with Crippen molar-refractivity contribution in [3.8, 4) is 0 Å². The third-order valence-electron chi connectivity index (χ3n) is 2.10. The highest BCUT2D eigenvalue weighted by Gasteiger charge is 2.23. The Morgan fingerprint density at radius 2 is 2.11 bits per heavy atom. The van der Waals surface area contributed by atoms with Crippen LogP contribution in [0.1, 0.15) is 32.6 Å².